The zero-order valence-corrected chi connectivity index (χ0v) is 10.7. The lowest BCUT2D eigenvalue weighted by Crippen LogP contribution is -2.31. The number of nitrogens with zero attached hydrogens (tertiary/aromatic N) is 1. The Morgan fingerprint density at radius 2 is 1.83 bits per heavy atom. The fourth-order valence-corrected chi connectivity index (χ4v) is 1.55. The number of ether oxygens (including phenoxy) is 1. The third kappa shape index (κ3) is 4.27. The number of aliphatic hydroxyl groups is 3. The molecule has 102 valence electrons. The zero-order chi connectivity index (χ0) is 13.5. The first-order chi connectivity index (χ1) is 8.56. The quantitative estimate of drug-likeness (QED) is 0.685. The van der Waals surface area contributed by atoms with Crippen molar-refractivity contribution in [3.8, 4) is 0 Å². The highest BCUT2D eigenvalue weighted by Gasteiger charge is 2.33. The summed E-state index contributed by atoms with van der Waals surface area (Å²) in [5.41, 5.74) is 1.25. The normalized spacial score (nSPS) is 26.4. The van der Waals surface area contributed by atoms with Gasteiger partial charge in [-0.25, -0.2) is 0 Å². The van der Waals surface area contributed by atoms with Crippen molar-refractivity contribution in [3.05, 3.63) is 30.3 Å². The highest BCUT2D eigenvalue weighted by atomic mass is 16.5. The van der Waals surface area contributed by atoms with Gasteiger partial charge in [0.15, 0.2) is 0 Å². The van der Waals surface area contributed by atoms with E-state index in [2.05, 4.69) is 17.0 Å². The Morgan fingerprint density at radius 3 is 2.11 bits per heavy atom. The van der Waals surface area contributed by atoms with E-state index in [0.29, 0.717) is 0 Å². The third-order valence-electron chi connectivity index (χ3n) is 2.71. The van der Waals surface area contributed by atoms with Gasteiger partial charge in [0.05, 0.1) is 13.2 Å². The molecule has 1 aliphatic heterocycles. The molecule has 0 saturated carbocycles. The summed E-state index contributed by atoms with van der Waals surface area (Å²) < 4.78 is 4.78. The van der Waals surface area contributed by atoms with E-state index in [1.54, 1.807) is 0 Å². The van der Waals surface area contributed by atoms with Crippen molar-refractivity contribution in [1.82, 2.24) is 0 Å². The van der Waals surface area contributed by atoms with Crippen LogP contribution in [0.3, 0.4) is 0 Å². The minimum Gasteiger partial charge on any atom is -0.394 e. The predicted molar refractivity (Wildman–Crippen MR) is 69.6 cm³/mol. The second kappa shape index (κ2) is 7.33. The zero-order valence-electron chi connectivity index (χ0n) is 10.7. The molecule has 0 aromatic heterocycles. The molecule has 3 atom stereocenters. The first kappa shape index (κ1) is 14.9. The molecule has 0 unspecified atom stereocenters. The molecular weight excluding hydrogens is 234 g/mol. The van der Waals surface area contributed by atoms with Crippen molar-refractivity contribution in [2.45, 2.75) is 18.3 Å². The Morgan fingerprint density at radius 1 is 1.22 bits per heavy atom. The molecule has 0 bridgehead atoms. The van der Waals surface area contributed by atoms with Crippen LogP contribution in [0.1, 0.15) is 0 Å². The van der Waals surface area contributed by atoms with E-state index < -0.39 is 18.3 Å². The Labute approximate surface area is 107 Å². The van der Waals surface area contributed by atoms with Crippen LogP contribution < -0.4 is 4.90 Å². The Balaban J connectivity index is 0.000000180. The third-order valence-corrected chi connectivity index (χ3v) is 2.71. The lowest BCUT2D eigenvalue weighted by Gasteiger charge is -2.10. The molecule has 1 saturated heterocycles. The van der Waals surface area contributed by atoms with E-state index in [-0.39, 0.29) is 13.2 Å². The maximum atomic E-state index is 8.92. The summed E-state index contributed by atoms with van der Waals surface area (Å²) in [5, 5.41) is 26.2. The summed E-state index contributed by atoms with van der Waals surface area (Å²) in [6.07, 6.45) is -2.35. The average Bonchev–Trinajstić information content (AvgIpc) is 2.71. The van der Waals surface area contributed by atoms with Crippen LogP contribution in [-0.2, 0) is 4.74 Å². The summed E-state index contributed by atoms with van der Waals surface area (Å²) in [4.78, 5) is 2.08. The van der Waals surface area contributed by atoms with E-state index in [0.717, 1.165) is 0 Å². The molecule has 2 rings (SSSR count). The maximum Gasteiger partial charge on any atom is 0.110 e. The molecule has 5 heteroatoms. The van der Waals surface area contributed by atoms with E-state index in [4.69, 9.17) is 20.1 Å². The van der Waals surface area contributed by atoms with Crippen LogP contribution >= 0.6 is 0 Å². The van der Waals surface area contributed by atoms with Gasteiger partial charge in [-0.1, -0.05) is 18.2 Å². The van der Waals surface area contributed by atoms with E-state index in [9.17, 15) is 0 Å². The molecule has 18 heavy (non-hydrogen) atoms. The summed E-state index contributed by atoms with van der Waals surface area (Å²) in [6, 6.07) is 10.3. The second-order valence-corrected chi connectivity index (χ2v) is 4.34. The van der Waals surface area contributed by atoms with Gasteiger partial charge in [0.25, 0.3) is 0 Å². The number of para-hydroxylation sites is 1. The lowest BCUT2D eigenvalue weighted by molar-refractivity contribution is -0.00588. The SMILES string of the molecule is CN(C)c1ccccc1.OC[C@H]1OC[C@H](O)[C@@H]1O. The molecule has 0 amide bonds. The fourth-order valence-electron chi connectivity index (χ4n) is 1.55. The van der Waals surface area contributed by atoms with Crippen LogP contribution in [-0.4, -0.2) is 60.9 Å². The first-order valence-electron chi connectivity index (χ1n) is 5.87. The molecule has 1 aromatic carbocycles. The van der Waals surface area contributed by atoms with Crippen LogP contribution in [0.25, 0.3) is 0 Å². The van der Waals surface area contributed by atoms with Gasteiger partial charge in [-0.3, -0.25) is 0 Å². The Bertz CT molecular complexity index is 331. The molecule has 5 nitrogen and oxygen atoms in total. The van der Waals surface area contributed by atoms with E-state index >= 15 is 0 Å². The van der Waals surface area contributed by atoms with Gasteiger partial charge < -0.3 is 25.0 Å². The Hall–Kier alpha value is -1.14. The smallest absolute Gasteiger partial charge is 0.110 e. The van der Waals surface area contributed by atoms with Crippen LogP contribution in [0.5, 0.6) is 0 Å². The number of benzene rings is 1. The number of rotatable bonds is 2. The van der Waals surface area contributed by atoms with Crippen molar-refractivity contribution in [3.63, 3.8) is 0 Å². The number of aliphatic hydroxyl groups excluding tert-OH is 3. The van der Waals surface area contributed by atoms with Crippen LogP contribution in [0.2, 0.25) is 0 Å². The van der Waals surface area contributed by atoms with Crippen molar-refractivity contribution < 1.29 is 20.1 Å². The van der Waals surface area contributed by atoms with Gasteiger partial charge in [0, 0.05) is 19.8 Å². The molecule has 1 aromatic rings. The van der Waals surface area contributed by atoms with E-state index in [1.807, 2.05) is 32.3 Å². The van der Waals surface area contributed by atoms with Crippen LogP contribution in [0.15, 0.2) is 30.3 Å². The van der Waals surface area contributed by atoms with Crippen molar-refractivity contribution >= 4 is 5.69 Å². The summed E-state index contributed by atoms with van der Waals surface area (Å²) in [7, 11) is 4.07. The monoisotopic (exact) mass is 255 g/mol. The largest absolute Gasteiger partial charge is 0.394 e. The topological polar surface area (TPSA) is 73.2 Å². The predicted octanol–water partition coefficient (Wildman–Crippen LogP) is -0.148. The van der Waals surface area contributed by atoms with Crippen molar-refractivity contribution in [2.24, 2.45) is 0 Å². The molecule has 0 spiro atoms. The molecule has 1 fully saturated rings. The number of hydrogen-bond acceptors (Lipinski definition) is 5. The minimum atomic E-state index is -0.921. The van der Waals surface area contributed by atoms with Crippen LogP contribution in [0.4, 0.5) is 5.69 Å². The molecule has 1 aliphatic rings. The molecule has 3 N–H and O–H groups in total. The number of anilines is 1. The molecule has 0 radical (unpaired) electrons. The maximum absolute atomic E-state index is 8.92. The lowest BCUT2D eigenvalue weighted by atomic mass is 10.2. The van der Waals surface area contributed by atoms with Crippen molar-refractivity contribution in [2.75, 3.05) is 32.2 Å². The van der Waals surface area contributed by atoms with Gasteiger partial charge >= 0.3 is 0 Å². The summed E-state index contributed by atoms with van der Waals surface area (Å²) >= 11 is 0. The van der Waals surface area contributed by atoms with Gasteiger partial charge in [0.1, 0.15) is 18.3 Å². The van der Waals surface area contributed by atoms with Gasteiger partial charge in [-0.2, -0.15) is 0 Å². The molecule has 0 aliphatic carbocycles. The van der Waals surface area contributed by atoms with Crippen molar-refractivity contribution in [1.29, 1.82) is 0 Å². The van der Waals surface area contributed by atoms with Gasteiger partial charge in [-0.05, 0) is 12.1 Å². The van der Waals surface area contributed by atoms with Crippen LogP contribution in [0, 0.1) is 0 Å². The van der Waals surface area contributed by atoms with Gasteiger partial charge in [-0.15, -0.1) is 0 Å². The Kier molecular flexibility index (Phi) is 6.07. The fraction of sp³-hybridized carbons (Fsp3) is 0.538. The standard InChI is InChI=1S/C8H11N.C5H10O4/c1-9(2)8-6-4-3-5-7-8;6-1-4-5(8)3(7)2-9-4/h3-7H,1-2H3;3-8H,1-2H2/t;3-,4+,5-/m.0/s1. The minimum absolute atomic E-state index is 0.117. The highest BCUT2D eigenvalue weighted by Crippen LogP contribution is 2.12. The summed E-state index contributed by atoms with van der Waals surface area (Å²) in [6.45, 7) is -0.120. The average molecular weight is 255 g/mol. The van der Waals surface area contributed by atoms with E-state index in [1.165, 1.54) is 5.69 Å². The first-order valence-corrected chi connectivity index (χ1v) is 5.87. The second-order valence-electron chi connectivity index (χ2n) is 4.34. The molecular formula is C13H21NO4. The van der Waals surface area contributed by atoms with Gasteiger partial charge in [0.2, 0.25) is 0 Å². The highest BCUT2D eigenvalue weighted by molar-refractivity contribution is 5.43. The molecule has 1 heterocycles. The summed E-state index contributed by atoms with van der Waals surface area (Å²) in [5.74, 6) is 0. The number of hydrogen-bond donors (Lipinski definition) is 3.